The van der Waals surface area contributed by atoms with Gasteiger partial charge < -0.3 is 4.90 Å². The van der Waals surface area contributed by atoms with Crippen molar-refractivity contribution in [3.8, 4) is 0 Å². The van der Waals surface area contributed by atoms with Crippen molar-refractivity contribution in [1.29, 1.82) is 0 Å². The lowest BCUT2D eigenvalue weighted by Gasteiger charge is -2.25. The van der Waals surface area contributed by atoms with Gasteiger partial charge in [0.2, 0.25) is 5.91 Å². The SMILES string of the molecule is CC(C)N(Cc1cccnc1)C(=O)C=Cc1ccccc1. The van der Waals surface area contributed by atoms with Crippen molar-refractivity contribution in [3.63, 3.8) is 0 Å². The number of amides is 1. The van der Waals surface area contributed by atoms with E-state index in [0.29, 0.717) is 6.54 Å². The molecule has 0 unspecified atom stereocenters. The maximum atomic E-state index is 12.4. The van der Waals surface area contributed by atoms with Crippen LogP contribution in [-0.2, 0) is 11.3 Å². The van der Waals surface area contributed by atoms with Crippen molar-refractivity contribution in [1.82, 2.24) is 9.88 Å². The fourth-order valence-electron chi connectivity index (χ4n) is 2.03. The van der Waals surface area contributed by atoms with Gasteiger partial charge in [-0.3, -0.25) is 9.78 Å². The molecule has 0 spiro atoms. The fourth-order valence-corrected chi connectivity index (χ4v) is 2.03. The molecular weight excluding hydrogens is 260 g/mol. The summed E-state index contributed by atoms with van der Waals surface area (Å²) in [7, 11) is 0. The molecule has 0 aliphatic heterocycles. The van der Waals surface area contributed by atoms with E-state index in [1.807, 2.05) is 67.3 Å². The van der Waals surface area contributed by atoms with Crippen molar-refractivity contribution in [3.05, 3.63) is 72.1 Å². The molecule has 3 heteroatoms. The van der Waals surface area contributed by atoms with Crippen LogP contribution in [0.4, 0.5) is 0 Å². The Bertz CT molecular complexity index is 591. The van der Waals surface area contributed by atoms with E-state index in [9.17, 15) is 4.79 Å². The predicted molar refractivity (Wildman–Crippen MR) is 85.4 cm³/mol. The van der Waals surface area contributed by atoms with E-state index in [4.69, 9.17) is 0 Å². The first-order chi connectivity index (χ1) is 10.2. The Balaban J connectivity index is 2.08. The summed E-state index contributed by atoms with van der Waals surface area (Å²) in [6, 6.07) is 13.8. The monoisotopic (exact) mass is 280 g/mol. The third-order valence-corrected chi connectivity index (χ3v) is 3.20. The standard InChI is InChI=1S/C18H20N2O/c1-15(2)20(14-17-9-6-12-19-13-17)18(21)11-10-16-7-4-3-5-8-16/h3-13,15H,14H2,1-2H3. The molecule has 0 aliphatic carbocycles. The molecule has 1 aromatic carbocycles. The first-order valence-corrected chi connectivity index (χ1v) is 7.09. The third kappa shape index (κ3) is 4.56. The summed E-state index contributed by atoms with van der Waals surface area (Å²) in [5.41, 5.74) is 2.06. The molecule has 3 nitrogen and oxygen atoms in total. The number of benzene rings is 1. The van der Waals surface area contributed by atoms with Gasteiger partial charge in [-0.1, -0.05) is 36.4 Å². The quantitative estimate of drug-likeness (QED) is 0.785. The van der Waals surface area contributed by atoms with Gasteiger partial charge in [0.05, 0.1) is 0 Å². The van der Waals surface area contributed by atoms with E-state index < -0.39 is 0 Å². The first-order valence-electron chi connectivity index (χ1n) is 7.09. The smallest absolute Gasteiger partial charge is 0.247 e. The molecular formula is C18H20N2O. The Morgan fingerprint density at radius 1 is 1.19 bits per heavy atom. The van der Waals surface area contributed by atoms with E-state index >= 15 is 0 Å². The largest absolute Gasteiger partial charge is 0.332 e. The highest BCUT2D eigenvalue weighted by atomic mass is 16.2. The molecule has 0 N–H and O–H groups in total. The molecule has 0 fully saturated rings. The van der Waals surface area contributed by atoms with Crippen LogP contribution in [0, 0.1) is 0 Å². The van der Waals surface area contributed by atoms with Gasteiger partial charge in [-0.25, -0.2) is 0 Å². The number of hydrogen-bond donors (Lipinski definition) is 0. The molecule has 0 saturated carbocycles. The van der Waals surface area contributed by atoms with Crippen molar-refractivity contribution in [2.24, 2.45) is 0 Å². The summed E-state index contributed by atoms with van der Waals surface area (Å²) in [4.78, 5) is 18.3. The highest BCUT2D eigenvalue weighted by Gasteiger charge is 2.14. The van der Waals surface area contributed by atoms with E-state index in [1.165, 1.54) is 0 Å². The first kappa shape index (κ1) is 15.0. The lowest BCUT2D eigenvalue weighted by atomic mass is 10.2. The number of nitrogens with zero attached hydrogens (tertiary/aromatic N) is 2. The van der Waals surface area contributed by atoms with Crippen LogP contribution in [0.25, 0.3) is 6.08 Å². The van der Waals surface area contributed by atoms with Crippen LogP contribution < -0.4 is 0 Å². The summed E-state index contributed by atoms with van der Waals surface area (Å²) >= 11 is 0. The van der Waals surface area contributed by atoms with Crippen molar-refractivity contribution < 1.29 is 4.79 Å². The molecule has 1 heterocycles. The zero-order valence-electron chi connectivity index (χ0n) is 12.4. The Kier molecular flexibility index (Phi) is 5.27. The Hall–Kier alpha value is -2.42. The van der Waals surface area contributed by atoms with Gasteiger partial charge in [0.1, 0.15) is 0 Å². The van der Waals surface area contributed by atoms with E-state index in [0.717, 1.165) is 11.1 Å². The molecule has 108 valence electrons. The average Bonchev–Trinajstić information content (AvgIpc) is 2.52. The van der Waals surface area contributed by atoms with Gasteiger partial charge in [0.25, 0.3) is 0 Å². The van der Waals surface area contributed by atoms with Gasteiger partial charge in [-0.15, -0.1) is 0 Å². The van der Waals surface area contributed by atoms with Crippen LogP contribution in [0.15, 0.2) is 60.9 Å². The highest BCUT2D eigenvalue weighted by molar-refractivity contribution is 5.91. The second-order valence-electron chi connectivity index (χ2n) is 5.17. The number of carbonyl (C=O) groups is 1. The molecule has 2 aromatic rings. The van der Waals surface area contributed by atoms with Crippen molar-refractivity contribution in [2.45, 2.75) is 26.4 Å². The lowest BCUT2D eigenvalue weighted by molar-refractivity contribution is -0.128. The molecule has 1 aromatic heterocycles. The Morgan fingerprint density at radius 3 is 2.57 bits per heavy atom. The average molecular weight is 280 g/mol. The number of hydrogen-bond acceptors (Lipinski definition) is 2. The van der Waals surface area contributed by atoms with Gasteiger partial charge in [-0.05, 0) is 37.1 Å². The van der Waals surface area contributed by atoms with Crippen LogP contribution in [0.2, 0.25) is 0 Å². The van der Waals surface area contributed by atoms with Gasteiger partial charge in [0, 0.05) is 31.1 Å². The van der Waals surface area contributed by atoms with Crippen LogP contribution in [0.5, 0.6) is 0 Å². The molecule has 2 rings (SSSR count). The summed E-state index contributed by atoms with van der Waals surface area (Å²) in [5.74, 6) is 0.0118. The molecule has 21 heavy (non-hydrogen) atoms. The zero-order valence-corrected chi connectivity index (χ0v) is 12.4. The molecule has 0 bridgehead atoms. The number of carbonyl (C=O) groups excluding carboxylic acids is 1. The van der Waals surface area contributed by atoms with Crippen LogP contribution in [-0.4, -0.2) is 21.8 Å². The molecule has 1 amide bonds. The van der Waals surface area contributed by atoms with Gasteiger partial charge >= 0.3 is 0 Å². The van der Waals surface area contributed by atoms with Crippen molar-refractivity contribution in [2.75, 3.05) is 0 Å². The lowest BCUT2D eigenvalue weighted by Crippen LogP contribution is -2.35. The minimum Gasteiger partial charge on any atom is -0.332 e. The Morgan fingerprint density at radius 2 is 1.95 bits per heavy atom. The maximum absolute atomic E-state index is 12.4. The second kappa shape index (κ2) is 7.39. The molecule has 0 radical (unpaired) electrons. The normalized spacial score (nSPS) is 11.0. The topological polar surface area (TPSA) is 33.2 Å². The minimum absolute atomic E-state index is 0.0118. The number of pyridine rings is 1. The predicted octanol–water partition coefficient (Wildman–Crippen LogP) is 3.53. The zero-order chi connectivity index (χ0) is 15.1. The number of rotatable bonds is 5. The summed E-state index contributed by atoms with van der Waals surface area (Å²) in [5, 5.41) is 0. The molecule has 0 aliphatic rings. The second-order valence-corrected chi connectivity index (χ2v) is 5.17. The summed E-state index contributed by atoms with van der Waals surface area (Å²) in [6.07, 6.45) is 7.01. The fraction of sp³-hybridized carbons (Fsp3) is 0.222. The van der Waals surface area contributed by atoms with Crippen molar-refractivity contribution >= 4 is 12.0 Å². The van der Waals surface area contributed by atoms with Gasteiger partial charge in [-0.2, -0.15) is 0 Å². The third-order valence-electron chi connectivity index (χ3n) is 3.20. The van der Waals surface area contributed by atoms with E-state index in [1.54, 1.807) is 18.5 Å². The van der Waals surface area contributed by atoms with Crippen LogP contribution in [0.3, 0.4) is 0 Å². The van der Waals surface area contributed by atoms with E-state index in [2.05, 4.69) is 4.98 Å². The minimum atomic E-state index is 0.0118. The summed E-state index contributed by atoms with van der Waals surface area (Å²) < 4.78 is 0. The highest BCUT2D eigenvalue weighted by Crippen LogP contribution is 2.09. The molecule has 0 saturated heterocycles. The maximum Gasteiger partial charge on any atom is 0.247 e. The van der Waals surface area contributed by atoms with E-state index in [-0.39, 0.29) is 11.9 Å². The molecule has 0 atom stereocenters. The summed E-state index contributed by atoms with van der Waals surface area (Å²) in [6.45, 7) is 4.61. The number of aromatic nitrogens is 1. The van der Waals surface area contributed by atoms with Crippen LogP contribution in [0.1, 0.15) is 25.0 Å². The van der Waals surface area contributed by atoms with Gasteiger partial charge in [0.15, 0.2) is 0 Å². The van der Waals surface area contributed by atoms with Crippen LogP contribution >= 0.6 is 0 Å². The Labute approximate surface area is 125 Å².